The molecule has 0 radical (unpaired) electrons. The summed E-state index contributed by atoms with van der Waals surface area (Å²) in [6, 6.07) is 7.61. The fourth-order valence-corrected chi connectivity index (χ4v) is 2.54. The first kappa shape index (κ1) is 16.3. The van der Waals surface area contributed by atoms with Gasteiger partial charge < -0.3 is 10.0 Å². The maximum atomic E-state index is 9.31. The van der Waals surface area contributed by atoms with Gasteiger partial charge in [0.05, 0.1) is 0 Å². The van der Waals surface area contributed by atoms with Crippen LogP contribution in [0.4, 0.5) is 0 Å². The van der Waals surface area contributed by atoms with Crippen molar-refractivity contribution in [2.75, 3.05) is 0 Å². The lowest BCUT2D eigenvalue weighted by atomic mass is 9.76. The second-order valence-corrected chi connectivity index (χ2v) is 5.57. The molecule has 19 heavy (non-hydrogen) atoms. The lowest BCUT2D eigenvalue weighted by Crippen LogP contribution is -2.32. The molecule has 0 bridgehead atoms. The highest BCUT2D eigenvalue weighted by molar-refractivity contribution is 6.59. The Bertz CT molecular complexity index is 352. The Kier molecular flexibility index (Phi) is 7.84. The predicted octanol–water partition coefficient (Wildman–Crippen LogP) is 2.91. The Morgan fingerprint density at radius 1 is 1.05 bits per heavy atom. The number of rotatable bonds is 9. The van der Waals surface area contributed by atoms with Crippen molar-refractivity contribution in [1.29, 1.82) is 0 Å². The van der Waals surface area contributed by atoms with Crippen molar-refractivity contribution in [2.45, 2.75) is 58.8 Å². The molecule has 2 nitrogen and oxygen atoms in total. The molecule has 0 spiro atoms. The first-order valence-electron chi connectivity index (χ1n) is 7.59. The maximum absolute atomic E-state index is 9.31. The second kappa shape index (κ2) is 9.16. The van der Waals surface area contributed by atoms with Crippen LogP contribution >= 0.6 is 0 Å². The molecule has 0 aliphatic rings. The summed E-state index contributed by atoms with van der Waals surface area (Å²) in [6.45, 7) is 4.56. The van der Waals surface area contributed by atoms with E-state index in [4.69, 9.17) is 0 Å². The monoisotopic (exact) mass is 262 g/mol. The third-order valence-corrected chi connectivity index (χ3v) is 3.78. The number of unbranched alkanes of at least 4 members (excludes halogenated alkanes) is 2. The van der Waals surface area contributed by atoms with Crippen LogP contribution in [0.1, 0.15) is 57.9 Å². The average molecular weight is 262 g/mol. The summed E-state index contributed by atoms with van der Waals surface area (Å²) in [5.41, 5.74) is 1.72. The van der Waals surface area contributed by atoms with Gasteiger partial charge in [-0.15, -0.1) is 0 Å². The number of hydrogen-bond acceptors (Lipinski definition) is 2. The topological polar surface area (TPSA) is 40.5 Å². The van der Waals surface area contributed by atoms with E-state index in [1.807, 2.05) is 18.2 Å². The molecule has 0 aromatic heterocycles. The van der Waals surface area contributed by atoms with Crippen molar-refractivity contribution in [3.63, 3.8) is 0 Å². The van der Waals surface area contributed by atoms with Crippen molar-refractivity contribution < 1.29 is 10.0 Å². The van der Waals surface area contributed by atoms with Crippen LogP contribution in [0.15, 0.2) is 24.3 Å². The molecular weight excluding hydrogens is 235 g/mol. The molecule has 1 aromatic rings. The molecule has 1 rings (SSSR count). The molecule has 0 fully saturated rings. The molecule has 0 saturated heterocycles. The van der Waals surface area contributed by atoms with E-state index in [1.165, 1.54) is 32.1 Å². The van der Waals surface area contributed by atoms with Crippen molar-refractivity contribution in [3.8, 4) is 0 Å². The Balaban J connectivity index is 2.33. The summed E-state index contributed by atoms with van der Waals surface area (Å²) in [6.07, 6.45) is 8.56. The molecule has 0 heterocycles. The van der Waals surface area contributed by atoms with Gasteiger partial charge in [-0.2, -0.15) is 0 Å². The van der Waals surface area contributed by atoms with E-state index < -0.39 is 7.12 Å². The van der Waals surface area contributed by atoms with Gasteiger partial charge in [0.2, 0.25) is 0 Å². The first-order valence-corrected chi connectivity index (χ1v) is 7.59. The standard InChI is InChI=1S/C16H27BO2/c1-3-4-5-9-14(2)10-8-12-15-11-6-7-13-16(15)17(18)19/h6-7,11,13-14,18-19H,3-5,8-10,12H2,1-2H3. The minimum absolute atomic E-state index is 0.654. The van der Waals surface area contributed by atoms with Crippen LogP contribution < -0.4 is 5.46 Å². The van der Waals surface area contributed by atoms with Crippen LogP contribution in [-0.2, 0) is 6.42 Å². The second-order valence-electron chi connectivity index (χ2n) is 5.57. The van der Waals surface area contributed by atoms with Gasteiger partial charge in [0, 0.05) is 0 Å². The fourth-order valence-electron chi connectivity index (χ4n) is 2.54. The van der Waals surface area contributed by atoms with Crippen LogP contribution in [0.25, 0.3) is 0 Å². The number of hydrogen-bond donors (Lipinski definition) is 2. The van der Waals surface area contributed by atoms with Crippen LogP contribution in [0.3, 0.4) is 0 Å². The van der Waals surface area contributed by atoms with Gasteiger partial charge in [-0.1, -0.05) is 70.2 Å². The zero-order valence-electron chi connectivity index (χ0n) is 12.3. The summed E-state index contributed by atoms with van der Waals surface area (Å²) in [5, 5.41) is 18.6. The Hall–Kier alpha value is -0.795. The number of benzene rings is 1. The normalized spacial score (nSPS) is 12.4. The van der Waals surface area contributed by atoms with Gasteiger partial charge >= 0.3 is 7.12 Å². The molecule has 1 unspecified atom stereocenters. The van der Waals surface area contributed by atoms with Crippen molar-refractivity contribution in [2.24, 2.45) is 5.92 Å². The summed E-state index contributed by atoms with van der Waals surface area (Å²) in [7, 11) is -1.35. The van der Waals surface area contributed by atoms with Gasteiger partial charge in [-0.3, -0.25) is 0 Å². The Morgan fingerprint density at radius 2 is 1.74 bits per heavy atom. The average Bonchev–Trinajstić information content (AvgIpc) is 2.39. The van der Waals surface area contributed by atoms with E-state index in [0.29, 0.717) is 5.46 Å². The summed E-state index contributed by atoms with van der Waals surface area (Å²) in [5.74, 6) is 0.776. The van der Waals surface area contributed by atoms with Crippen molar-refractivity contribution in [3.05, 3.63) is 29.8 Å². The molecular formula is C16H27BO2. The summed E-state index contributed by atoms with van der Waals surface area (Å²) >= 11 is 0. The molecule has 0 aliphatic heterocycles. The quantitative estimate of drug-likeness (QED) is 0.530. The van der Waals surface area contributed by atoms with E-state index in [9.17, 15) is 10.0 Å². The minimum atomic E-state index is -1.35. The zero-order chi connectivity index (χ0) is 14.1. The SMILES string of the molecule is CCCCCC(C)CCCc1ccccc1B(O)O. The van der Waals surface area contributed by atoms with Gasteiger partial charge in [-0.05, 0) is 29.8 Å². The minimum Gasteiger partial charge on any atom is -0.423 e. The van der Waals surface area contributed by atoms with Gasteiger partial charge in [-0.25, -0.2) is 0 Å². The van der Waals surface area contributed by atoms with Crippen LogP contribution in [-0.4, -0.2) is 17.2 Å². The van der Waals surface area contributed by atoms with E-state index >= 15 is 0 Å². The number of aryl methyl sites for hydroxylation is 1. The molecule has 0 aliphatic carbocycles. The highest BCUT2D eigenvalue weighted by Crippen LogP contribution is 2.16. The van der Waals surface area contributed by atoms with E-state index in [2.05, 4.69) is 13.8 Å². The highest BCUT2D eigenvalue weighted by atomic mass is 16.4. The smallest absolute Gasteiger partial charge is 0.423 e. The molecule has 106 valence electrons. The zero-order valence-corrected chi connectivity index (χ0v) is 12.3. The van der Waals surface area contributed by atoms with Gasteiger partial charge in [0.1, 0.15) is 0 Å². The fraction of sp³-hybridized carbons (Fsp3) is 0.625. The predicted molar refractivity (Wildman–Crippen MR) is 82.5 cm³/mol. The maximum Gasteiger partial charge on any atom is 0.488 e. The van der Waals surface area contributed by atoms with Crippen molar-refractivity contribution in [1.82, 2.24) is 0 Å². The van der Waals surface area contributed by atoms with Gasteiger partial charge in [0.15, 0.2) is 0 Å². The third-order valence-electron chi connectivity index (χ3n) is 3.78. The summed E-state index contributed by atoms with van der Waals surface area (Å²) in [4.78, 5) is 0. The third kappa shape index (κ3) is 6.26. The highest BCUT2D eigenvalue weighted by Gasteiger charge is 2.14. The van der Waals surface area contributed by atoms with E-state index in [0.717, 1.165) is 24.3 Å². The van der Waals surface area contributed by atoms with Crippen LogP contribution in [0, 0.1) is 5.92 Å². The summed E-state index contributed by atoms with van der Waals surface area (Å²) < 4.78 is 0. The Morgan fingerprint density at radius 3 is 2.42 bits per heavy atom. The van der Waals surface area contributed by atoms with Crippen molar-refractivity contribution >= 4 is 12.6 Å². The molecule has 0 saturated carbocycles. The largest absolute Gasteiger partial charge is 0.488 e. The molecule has 1 aromatic carbocycles. The first-order chi connectivity index (χ1) is 9.15. The lowest BCUT2D eigenvalue weighted by molar-refractivity contribution is 0.425. The van der Waals surface area contributed by atoms with Gasteiger partial charge in [0.25, 0.3) is 0 Å². The van der Waals surface area contributed by atoms with Crippen LogP contribution in [0.2, 0.25) is 0 Å². The molecule has 3 heteroatoms. The molecule has 0 amide bonds. The van der Waals surface area contributed by atoms with E-state index in [-0.39, 0.29) is 0 Å². The molecule has 2 N–H and O–H groups in total. The van der Waals surface area contributed by atoms with E-state index in [1.54, 1.807) is 6.07 Å². The lowest BCUT2D eigenvalue weighted by Gasteiger charge is -2.12. The Labute approximate surface area is 118 Å². The molecule has 1 atom stereocenters. The van der Waals surface area contributed by atoms with Crippen LogP contribution in [0.5, 0.6) is 0 Å².